The van der Waals surface area contributed by atoms with Gasteiger partial charge in [-0.1, -0.05) is 71.2 Å². The number of fused-ring (bicyclic) bond motifs is 1. The fourth-order valence-electron chi connectivity index (χ4n) is 4.41. The van der Waals surface area contributed by atoms with Crippen LogP contribution in [0, 0.1) is 0 Å². The highest BCUT2D eigenvalue weighted by Gasteiger charge is 2.35. The van der Waals surface area contributed by atoms with E-state index in [-0.39, 0.29) is 11.5 Å². The van der Waals surface area contributed by atoms with Crippen molar-refractivity contribution in [1.29, 1.82) is 0 Å². The first-order valence-corrected chi connectivity index (χ1v) is 11.7. The fourth-order valence-corrected chi connectivity index (χ4v) is 5.12. The van der Waals surface area contributed by atoms with Crippen molar-refractivity contribution in [3.63, 3.8) is 0 Å². The van der Waals surface area contributed by atoms with E-state index in [4.69, 9.17) is 34.8 Å². The van der Waals surface area contributed by atoms with E-state index in [1.165, 1.54) is 11.9 Å². The van der Waals surface area contributed by atoms with Crippen LogP contribution in [0.1, 0.15) is 30.5 Å². The Kier molecular flexibility index (Phi) is 5.94. The van der Waals surface area contributed by atoms with Gasteiger partial charge in [0.2, 0.25) is 5.91 Å². The van der Waals surface area contributed by atoms with Gasteiger partial charge in [-0.25, -0.2) is 5.01 Å². The van der Waals surface area contributed by atoms with E-state index in [9.17, 15) is 9.59 Å². The molecule has 1 aliphatic heterocycles. The monoisotopic (exact) mass is 509 g/mol. The summed E-state index contributed by atoms with van der Waals surface area (Å²) in [5.41, 5.74) is 3.54. The van der Waals surface area contributed by atoms with Gasteiger partial charge in [0.15, 0.2) is 0 Å². The third kappa shape index (κ3) is 4.00. The van der Waals surface area contributed by atoms with Crippen molar-refractivity contribution in [1.82, 2.24) is 9.99 Å². The van der Waals surface area contributed by atoms with Crippen LogP contribution in [-0.2, 0) is 4.79 Å². The van der Waals surface area contributed by atoms with E-state index in [1.54, 1.807) is 30.3 Å². The number of hydrazone groups is 1. The maximum Gasteiger partial charge on any atom is 0.258 e. The lowest BCUT2D eigenvalue weighted by atomic mass is 9.91. The van der Waals surface area contributed by atoms with Gasteiger partial charge in [-0.3, -0.25) is 9.59 Å². The maximum atomic E-state index is 13.4. The first-order chi connectivity index (χ1) is 16.3. The third-order valence-corrected chi connectivity index (χ3v) is 6.68. The predicted molar refractivity (Wildman–Crippen MR) is 138 cm³/mol. The number of rotatable bonds is 3. The molecule has 2 heterocycles. The van der Waals surface area contributed by atoms with Gasteiger partial charge in [0.25, 0.3) is 5.56 Å². The number of hydrogen-bond acceptors (Lipinski definition) is 3. The molecule has 1 N–H and O–H groups in total. The zero-order valence-corrected chi connectivity index (χ0v) is 20.2. The Balaban J connectivity index is 1.74. The lowest BCUT2D eigenvalue weighted by Crippen LogP contribution is -2.24. The normalized spacial score (nSPS) is 15.6. The van der Waals surface area contributed by atoms with Crippen molar-refractivity contribution in [3.8, 4) is 11.1 Å². The highest BCUT2D eigenvalue weighted by Crippen LogP contribution is 2.39. The number of pyridine rings is 1. The van der Waals surface area contributed by atoms with E-state index < -0.39 is 6.04 Å². The summed E-state index contributed by atoms with van der Waals surface area (Å²) in [7, 11) is 0. The molecule has 170 valence electrons. The van der Waals surface area contributed by atoms with Crippen LogP contribution >= 0.6 is 34.8 Å². The number of carbonyl (C=O) groups is 1. The average Bonchev–Trinajstić information content (AvgIpc) is 3.24. The SMILES string of the molecule is CC(=O)N1N=C(c2c(-c3ccccc3)c3cc(Cl)ccc3[nH]c2=O)CC1c1ccc(Cl)cc1Cl. The number of carbonyl (C=O) groups excluding carboxylic acids is 1. The van der Waals surface area contributed by atoms with Crippen LogP contribution in [0.5, 0.6) is 0 Å². The largest absolute Gasteiger partial charge is 0.321 e. The van der Waals surface area contributed by atoms with Crippen molar-refractivity contribution in [2.24, 2.45) is 5.10 Å². The van der Waals surface area contributed by atoms with Gasteiger partial charge in [-0.05, 0) is 41.5 Å². The Bertz CT molecular complexity index is 1530. The Labute approximate surface area is 210 Å². The summed E-state index contributed by atoms with van der Waals surface area (Å²) < 4.78 is 0. The smallest absolute Gasteiger partial charge is 0.258 e. The van der Waals surface area contributed by atoms with E-state index in [0.717, 1.165) is 10.9 Å². The van der Waals surface area contributed by atoms with Gasteiger partial charge in [0.1, 0.15) is 0 Å². The van der Waals surface area contributed by atoms with Crippen LogP contribution in [0.15, 0.2) is 76.6 Å². The summed E-state index contributed by atoms with van der Waals surface area (Å²) >= 11 is 18.9. The van der Waals surface area contributed by atoms with E-state index in [1.807, 2.05) is 36.4 Å². The molecule has 3 aromatic carbocycles. The zero-order valence-electron chi connectivity index (χ0n) is 18.0. The summed E-state index contributed by atoms with van der Waals surface area (Å²) in [5.74, 6) is -0.257. The number of amides is 1. The Morgan fingerprint density at radius 3 is 2.38 bits per heavy atom. The quantitative estimate of drug-likeness (QED) is 0.327. The topological polar surface area (TPSA) is 65.5 Å². The maximum absolute atomic E-state index is 13.4. The Morgan fingerprint density at radius 1 is 0.971 bits per heavy atom. The van der Waals surface area contributed by atoms with E-state index in [2.05, 4.69) is 10.1 Å². The lowest BCUT2D eigenvalue weighted by Gasteiger charge is -2.21. The number of benzene rings is 3. The van der Waals surface area contributed by atoms with Crippen LogP contribution < -0.4 is 5.56 Å². The minimum absolute atomic E-state index is 0.257. The molecule has 0 aliphatic carbocycles. The number of hydrogen-bond donors (Lipinski definition) is 1. The molecule has 4 aromatic rings. The Hall–Kier alpha value is -3.12. The van der Waals surface area contributed by atoms with Gasteiger partial charge in [0.05, 0.1) is 17.3 Å². The van der Waals surface area contributed by atoms with E-state index >= 15 is 0 Å². The van der Waals surface area contributed by atoms with Gasteiger partial charge in [-0.2, -0.15) is 5.10 Å². The van der Waals surface area contributed by atoms with Crippen LogP contribution in [0.4, 0.5) is 0 Å². The number of H-pyrrole nitrogens is 1. The van der Waals surface area contributed by atoms with Crippen LogP contribution in [-0.4, -0.2) is 21.6 Å². The number of halogens is 3. The van der Waals surface area contributed by atoms with Gasteiger partial charge in [0, 0.05) is 44.9 Å². The summed E-state index contributed by atoms with van der Waals surface area (Å²) in [6.45, 7) is 1.44. The van der Waals surface area contributed by atoms with Crippen LogP contribution in [0.2, 0.25) is 15.1 Å². The molecular weight excluding hydrogens is 493 g/mol. The second-order valence-corrected chi connectivity index (χ2v) is 9.34. The predicted octanol–water partition coefficient (Wildman–Crippen LogP) is 6.85. The third-order valence-electron chi connectivity index (χ3n) is 5.88. The van der Waals surface area contributed by atoms with Crippen molar-refractivity contribution in [3.05, 3.63) is 103 Å². The molecule has 5 rings (SSSR count). The second-order valence-electron chi connectivity index (χ2n) is 8.06. The summed E-state index contributed by atoms with van der Waals surface area (Å²) in [6.07, 6.45) is 0.315. The van der Waals surface area contributed by atoms with Crippen molar-refractivity contribution < 1.29 is 4.79 Å². The highest BCUT2D eigenvalue weighted by atomic mass is 35.5. The number of aromatic nitrogens is 1. The first kappa shape index (κ1) is 22.7. The minimum Gasteiger partial charge on any atom is -0.321 e. The molecular formula is C26H18Cl3N3O2. The van der Waals surface area contributed by atoms with E-state index in [0.29, 0.717) is 49.4 Å². The first-order valence-electron chi connectivity index (χ1n) is 10.6. The molecule has 0 fully saturated rings. The molecule has 0 bridgehead atoms. The van der Waals surface area contributed by atoms with Gasteiger partial charge < -0.3 is 4.98 Å². The molecule has 0 saturated carbocycles. The molecule has 5 nitrogen and oxygen atoms in total. The molecule has 1 unspecified atom stereocenters. The molecule has 0 saturated heterocycles. The van der Waals surface area contributed by atoms with Gasteiger partial charge in [-0.15, -0.1) is 0 Å². The highest BCUT2D eigenvalue weighted by molar-refractivity contribution is 6.35. The average molecular weight is 511 g/mol. The van der Waals surface area contributed by atoms with Crippen molar-refractivity contribution >= 4 is 57.3 Å². The summed E-state index contributed by atoms with van der Waals surface area (Å²) in [4.78, 5) is 28.9. The van der Waals surface area contributed by atoms with Crippen LogP contribution in [0.3, 0.4) is 0 Å². The molecule has 0 spiro atoms. The summed E-state index contributed by atoms with van der Waals surface area (Å²) in [6, 6.07) is 19.6. The standard InChI is InChI=1S/C26H18Cl3N3O2/c1-14(33)32-23(18-9-7-17(28)12-20(18)29)13-22(31-32)25-24(15-5-3-2-4-6-15)19-11-16(27)8-10-21(19)30-26(25)34/h2-12,23H,13H2,1H3,(H,30,34). The molecule has 1 aromatic heterocycles. The molecule has 1 atom stereocenters. The number of aromatic amines is 1. The zero-order chi connectivity index (χ0) is 24.0. The molecule has 8 heteroatoms. The fraction of sp³-hybridized carbons (Fsp3) is 0.115. The Morgan fingerprint density at radius 2 is 1.68 bits per heavy atom. The van der Waals surface area contributed by atoms with Crippen molar-refractivity contribution in [2.45, 2.75) is 19.4 Å². The number of nitrogens with zero attached hydrogens (tertiary/aromatic N) is 2. The minimum atomic E-state index is -0.463. The molecule has 0 radical (unpaired) electrons. The summed E-state index contributed by atoms with van der Waals surface area (Å²) in [5, 5.41) is 8.26. The molecule has 1 amide bonds. The van der Waals surface area contributed by atoms with Crippen LogP contribution in [0.25, 0.3) is 22.0 Å². The molecule has 1 aliphatic rings. The van der Waals surface area contributed by atoms with Crippen molar-refractivity contribution in [2.75, 3.05) is 0 Å². The molecule has 34 heavy (non-hydrogen) atoms. The van der Waals surface area contributed by atoms with Gasteiger partial charge >= 0.3 is 0 Å². The lowest BCUT2D eigenvalue weighted by molar-refractivity contribution is -0.130. The number of nitrogens with one attached hydrogen (secondary N) is 1. The second kappa shape index (κ2) is 8.91.